The summed E-state index contributed by atoms with van der Waals surface area (Å²) in [6.07, 6.45) is 1.00. The highest BCUT2D eigenvalue weighted by atomic mass is 16.5. The van der Waals surface area contributed by atoms with Crippen LogP contribution in [-0.4, -0.2) is 65.2 Å². The summed E-state index contributed by atoms with van der Waals surface area (Å²) in [4.78, 5) is 48.2. The number of allylic oxidation sites excluding steroid dienone is 1. The second-order valence-electron chi connectivity index (χ2n) is 12.0. The van der Waals surface area contributed by atoms with Crippen molar-refractivity contribution < 1.29 is 33.5 Å². The summed E-state index contributed by atoms with van der Waals surface area (Å²) in [5.74, 6) is -0.863. The third-order valence-electron chi connectivity index (χ3n) is 6.50. The van der Waals surface area contributed by atoms with Crippen LogP contribution in [0.5, 0.6) is 5.75 Å². The molecule has 0 aliphatic rings. The SMILES string of the molecule is COc1ccc(C/C=C(\C#N)C(=O)NC(C)(C)C)cc1.Cc1ccc(CNC(=O)CNC(=O)C(NC(=O)c2cc(C)on2)C(C)O)cc1. The molecule has 2 unspecified atom stereocenters. The molecule has 0 spiro atoms. The number of carbonyl (C=O) groups excluding carboxylic acids is 4. The number of benzene rings is 2. The van der Waals surface area contributed by atoms with Crippen molar-refractivity contribution in [3.63, 3.8) is 0 Å². The molecule has 0 saturated heterocycles. The van der Waals surface area contributed by atoms with Crippen LogP contribution in [0, 0.1) is 25.2 Å². The lowest BCUT2D eigenvalue weighted by atomic mass is 10.1. The van der Waals surface area contributed by atoms with Gasteiger partial charge in [-0.1, -0.05) is 53.2 Å². The molecule has 0 fully saturated rings. The summed E-state index contributed by atoms with van der Waals surface area (Å²) in [7, 11) is 1.61. The molecule has 13 heteroatoms. The van der Waals surface area contributed by atoms with Crippen LogP contribution in [0.4, 0.5) is 0 Å². The van der Waals surface area contributed by atoms with Gasteiger partial charge in [-0.25, -0.2) is 0 Å². The first kappa shape index (κ1) is 38.7. The van der Waals surface area contributed by atoms with Gasteiger partial charge >= 0.3 is 0 Å². The fourth-order valence-corrected chi connectivity index (χ4v) is 3.92. The van der Waals surface area contributed by atoms with Gasteiger partial charge in [0.05, 0.1) is 19.8 Å². The van der Waals surface area contributed by atoms with Gasteiger partial charge in [-0.15, -0.1) is 0 Å². The van der Waals surface area contributed by atoms with Gasteiger partial charge in [0, 0.05) is 18.2 Å². The molecular weight excluding hydrogens is 616 g/mol. The van der Waals surface area contributed by atoms with Crippen molar-refractivity contribution in [2.75, 3.05) is 13.7 Å². The monoisotopic (exact) mass is 660 g/mol. The van der Waals surface area contributed by atoms with Crippen molar-refractivity contribution in [3.05, 3.63) is 94.4 Å². The minimum absolute atomic E-state index is 0.00760. The van der Waals surface area contributed by atoms with E-state index in [1.54, 1.807) is 20.1 Å². The van der Waals surface area contributed by atoms with Gasteiger partial charge < -0.3 is 35.6 Å². The molecule has 3 aromatic rings. The van der Waals surface area contributed by atoms with E-state index < -0.39 is 29.9 Å². The van der Waals surface area contributed by atoms with Gasteiger partial charge in [0.25, 0.3) is 11.8 Å². The zero-order chi connectivity index (χ0) is 35.9. The maximum Gasteiger partial charge on any atom is 0.274 e. The second kappa shape index (κ2) is 18.6. The molecule has 0 aliphatic heterocycles. The highest BCUT2D eigenvalue weighted by Crippen LogP contribution is 2.13. The number of methoxy groups -OCH3 is 1. The average molecular weight is 661 g/mol. The number of aliphatic hydroxyl groups is 1. The molecule has 0 saturated carbocycles. The normalized spacial score (nSPS) is 12.3. The Morgan fingerprint density at radius 2 is 1.65 bits per heavy atom. The summed E-state index contributed by atoms with van der Waals surface area (Å²) in [6, 6.07) is 17.3. The van der Waals surface area contributed by atoms with Crippen molar-refractivity contribution in [2.24, 2.45) is 0 Å². The Bertz CT molecular complexity index is 1600. The van der Waals surface area contributed by atoms with Crippen molar-refractivity contribution >= 4 is 23.6 Å². The van der Waals surface area contributed by atoms with Crippen molar-refractivity contribution in [1.82, 2.24) is 26.4 Å². The Hall–Kier alpha value is -5.48. The molecule has 1 heterocycles. The molecule has 5 N–H and O–H groups in total. The maximum atomic E-state index is 12.3. The summed E-state index contributed by atoms with van der Waals surface area (Å²) in [5.41, 5.74) is 2.84. The summed E-state index contributed by atoms with van der Waals surface area (Å²) in [6.45, 7) is 10.6. The van der Waals surface area contributed by atoms with E-state index in [0.717, 1.165) is 22.4 Å². The summed E-state index contributed by atoms with van der Waals surface area (Å²) in [5, 5.41) is 32.7. The van der Waals surface area contributed by atoms with Gasteiger partial charge in [0.15, 0.2) is 5.69 Å². The van der Waals surface area contributed by atoms with E-state index >= 15 is 0 Å². The molecule has 2 aromatic carbocycles. The first-order valence-corrected chi connectivity index (χ1v) is 15.2. The van der Waals surface area contributed by atoms with Gasteiger partial charge in [0.2, 0.25) is 11.8 Å². The van der Waals surface area contributed by atoms with Crippen molar-refractivity contribution in [1.29, 1.82) is 5.26 Å². The molecule has 0 bridgehead atoms. The number of ether oxygens (including phenoxy) is 1. The van der Waals surface area contributed by atoms with E-state index in [4.69, 9.17) is 14.5 Å². The van der Waals surface area contributed by atoms with E-state index in [9.17, 15) is 24.3 Å². The first-order valence-electron chi connectivity index (χ1n) is 15.2. The van der Waals surface area contributed by atoms with E-state index in [-0.39, 0.29) is 29.3 Å². The van der Waals surface area contributed by atoms with Crippen LogP contribution in [0.2, 0.25) is 0 Å². The third-order valence-corrected chi connectivity index (χ3v) is 6.50. The predicted octanol–water partition coefficient (Wildman–Crippen LogP) is 2.81. The number of aryl methyl sites for hydroxylation is 2. The number of hydrogen-bond donors (Lipinski definition) is 5. The van der Waals surface area contributed by atoms with Crippen LogP contribution in [0.3, 0.4) is 0 Å². The molecule has 1 aromatic heterocycles. The van der Waals surface area contributed by atoms with E-state index in [1.165, 1.54) is 13.0 Å². The Morgan fingerprint density at radius 1 is 1.02 bits per heavy atom. The number of rotatable bonds is 12. The first-order chi connectivity index (χ1) is 22.6. The minimum atomic E-state index is -1.24. The second-order valence-corrected chi connectivity index (χ2v) is 12.0. The van der Waals surface area contributed by atoms with Crippen LogP contribution in [0.1, 0.15) is 60.6 Å². The molecule has 2 atom stereocenters. The Balaban J connectivity index is 0.000000353. The topological polar surface area (TPSA) is 196 Å². The highest BCUT2D eigenvalue weighted by Gasteiger charge is 2.27. The lowest BCUT2D eigenvalue weighted by Gasteiger charge is -2.20. The number of amides is 4. The number of nitriles is 1. The molecule has 13 nitrogen and oxygen atoms in total. The number of aromatic nitrogens is 1. The Kier molecular flexibility index (Phi) is 15.0. The zero-order valence-corrected chi connectivity index (χ0v) is 28.3. The van der Waals surface area contributed by atoms with Crippen molar-refractivity contribution in [3.8, 4) is 11.8 Å². The van der Waals surface area contributed by atoms with Crippen LogP contribution < -0.4 is 26.0 Å². The van der Waals surface area contributed by atoms with Gasteiger partial charge in [-0.2, -0.15) is 5.26 Å². The number of nitrogens with one attached hydrogen (secondary N) is 4. The lowest BCUT2D eigenvalue weighted by molar-refractivity contribution is -0.128. The molecule has 256 valence electrons. The smallest absolute Gasteiger partial charge is 0.274 e. The van der Waals surface area contributed by atoms with E-state index in [2.05, 4.69) is 26.4 Å². The number of hydrogen-bond acceptors (Lipinski definition) is 9. The number of nitrogens with zero attached hydrogens (tertiary/aromatic N) is 2. The highest BCUT2D eigenvalue weighted by molar-refractivity contribution is 5.98. The van der Waals surface area contributed by atoms with Crippen LogP contribution in [0.15, 0.2) is 70.8 Å². The lowest BCUT2D eigenvalue weighted by Crippen LogP contribution is -2.53. The molecule has 48 heavy (non-hydrogen) atoms. The third kappa shape index (κ3) is 13.9. The quantitative estimate of drug-likeness (QED) is 0.143. The van der Waals surface area contributed by atoms with E-state index in [1.807, 2.05) is 82.3 Å². The van der Waals surface area contributed by atoms with Gasteiger partial charge in [0.1, 0.15) is 29.2 Å². The molecule has 3 rings (SSSR count). The van der Waals surface area contributed by atoms with Gasteiger partial charge in [-0.05, 0) is 71.2 Å². The zero-order valence-electron chi connectivity index (χ0n) is 28.3. The van der Waals surface area contributed by atoms with E-state index in [0.29, 0.717) is 18.7 Å². The average Bonchev–Trinajstić information content (AvgIpc) is 3.48. The van der Waals surface area contributed by atoms with Crippen molar-refractivity contribution in [2.45, 2.75) is 72.2 Å². The standard InChI is InChI=1S/C19H24N4O5.C16H20N2O2/c1-11-4-6-14(7-5-11)9-20-16(25)10-21-19(27)17(13(3)24)22-18(26)15-8-12(2)28-23-15;1-16(2,3)18-15(19)13(11-17)8-5-12-6-9-14(20-4)10-7-12/h4-8,13,17,24H,9-10H2,1-3H3,(H,20,25)(H,21,27)(H,22,26);6-10H,5H2,1-4H3,(H,18,19)/b;13-8+. The summed E-state index contributed by atoms with van der Waals surface area (Å²) < 4.78 is 9.89. The van der Waals surface area contributed by atoms with Crippen LogP contribution in [0.25, 0.3) is 0 Å². The van der Waals surface area contributed by atoms with Crippen LogP contribution in [-0.2, 0) is 27.3 Å². The fourth-order valence-electron chi connectivity index (χ4n) is 3.92. The Labute approximate surface area is 280 Å². The minimum Gasteiger partial charge on any atom is -0.497 e. The maximum absolute atomic E-state index is 12.3. The molecular formula is C35H44N6O7. The molecule has 0 radical (unpaired) electrons. The predicted molar refractivity (Wildman–Crippen MR) is 179 cm³/mol. The largest absolute Gasteiger partial charge is 0.497 e. The summed E-state index contributed by atoms with van der Waals surface area (Å²) >= 11 is 0. The molecule has 4 amide bonds. The number of aliphatic hydroxyl groups excluding tert-OH is 1. The van der Waals surface area contributed by atoms with Gasteiger partial charge in [-0.3, -0.25) is 19.2 Å². The Morgan fingerprint density at radius 3 is 2.17 bits per heavy atom. The fraction of sp³-hybridized carbons (Fsp3) is 0.371. The van der Waals surface area contributed by atoms with Crippen LogP contribution >= 0.6 is 0 Å². The molecule has 0 aliphatic carbocycles. The number of carbonyl (C=O) groups is 4.